The Balaban J connectivity index is 2.45. The fourth-order valence-electron chi connectivity index (χ4n) is 2.28. The highest BCUT2D eigenvalue weighted by Gasteiger charge is 2.30. The van der Waals surface area contributed by atoms with Crippen molar-refractivity contribution in [3.8, 4) is 0 Å². The maximum atomic E-state index is 5.37. The monoisotopic (exact) mass is 185 g/mol. The van der Waals surface area contributed by atoms with Crippen LogP contribution in [0.4, 0.5) is 0 Å². The molecule has 0 spiro atoms. The molecule has 0 unspecified atom stereocenters. The maximum absolute atomic E-state index is 5.37. The number of nitrogens with one attached hydrogen (secondary N) is 1. The highest BCUT2D eigenvalue weighted by atomic mass is 16.5. The zero-order chi connectivity index (χ0) is 9.90. The number of ether oxygens (including phenoxy) is 1. The Morgan fingerprint density at radius 1 is 1.23 bits per heavy atom. The molecule has 0 aromatic rings. The van der Waals surface area contributed by atoms with Crippen LogP contribution in [0.5, 0.6) is 0 Å². The minimum atomic E-state index is 0.262. The van der Waals surface area contributed by atoms with E-state index in [0.29, 0.717) is 6.04 Å². The second-order valence-electron chi connectivity index (χ2n) is 4.91. The molecule has 0 radical (unpaired) electrons. The fraction of sp³-hybridized carbons (Fsp3) is 1.00. The van der Waals surface area contributed by atoms with Crippen LogP contribution in [0.3, 0.4) is 0 Å². The molecule has 0 atom stereocenters. The Kier molecular flexibility index (Phi) is 3.74. The predicted molar refractivity (Wildman–Crippen MR) is 55.9 cm³/mol. The highest BCUT2D eigenvalue weighted by Crippen LogP contribution is 2.27. The van der Waals surface area contributed by atoms with Gasteiger partial charge in [0.1, 0.15) is 0 Å². The van der Waals surface area contributed by atoms with Crippen LogP contribution in [0.1, 0.15) is 40.5 Å². The van der Waals surface area contributed by atoms with Gasteiger partial charge in [-0.2, -0.15) is 0 Å². The third-order valence-electron chi connectivity index (χ3n) is 2.90. The number of hydrogen-bond acceptors (Lipinski definition) is 2. The predicted octanol–water partition coefficient (Wildman–Crippen LogP) is 2.19. The molecular weight excluding hydrogens is 162 g/mol. The van der Waals surface area contributed by atoms with E-state index in [1.54, 1.807) is 0 Å². The first-order chi connectivity index (χ1) is 6.02. The van der Waals surface area contributed by atoms with Gasteiger partial charge in [-0.15, -0.1) is 0 Å². The molecule has 1 aliphatic heterocycles. The van der Waals surface area contributed by atoms with Crippen LogP contribution in [0.2, 0.25) is 0 Å². The van der Waals surface area contributed by atoms with Crippen molar-refractivity contribution in [3.05, 3.63) is 0 Å². The van der Waals surface area contributed by atoms with Crippen LogP contribution in [0.15, 0.2) is 0 Å². The second-order valence-corrected chi connectivity index (χ2v) is 4.91. The van der Waals surface area contributed by atoms with Crippen molar-refractivity contribution in [1.29, 1.82) is 0 Å². The molecule has 1 saturated heterocycles. The molecule has 2 nitrogen and oxygen atoms in total. The van der Waals surface area contributed by atoms with E-state index >= 15 is 0 Å². The largest absolute Gasteiger partial charge is 0.381 e. The summed E-state index contributed by atoms with van der Waals surface area (Å²) in [4.78, 5) is 0. The summed E-state index contributed by atoms with van der Waals surface area (Å²) in [6.07, 6.45) is 2.40. The molecule has 1 fully saturated rings. The van der Waals surface area contributed by atoms with E-state index in [9.17, 15) is 0 Å². The van der Waals surface area contributed by atoms with Crippen molar-refractivity contribution in [2.24, 2.45) is 5.92 Å². The molecule has 1 aliphatic rings. The lowest BCUT2D eigenvalue weighted by Crippen LogP contribution is -2.50. The van der Waals surface area contributed by atoms with Crippen LogP contribution in [0.25, 0.3) is 0 Å². The molecule has 0 aliphatic carbocycles. The molecule has 0 amide bonds. The maximum Gasteiger partial charge on any atom is 0.0469 e. The van der Waals surface area contributed by atoms with Crippen molar-refractivity contribution in [1.82, 2.24) is 5.32 Å². The topological polar surface area (TPSA) is 21.3 Å². The first-order valence-corrected chi connectivity index (χ1v) is 5.38. The lowest BCUT2D eigenvalue weighted by molar-refractivity contribution is 0.0350. The minimum absolute atomic E-state index is 0.262. The standard InChI is InChI=1S/C11H23NO/c1-9(2)12-11(3,4)10-5-7-13-8-6-10/h9-10,12H,5-8H2,1-4H3. The average Bonchev–Trinajstić information content (AvgIpc) is 2.04. The van der Waals surface area contributed by atoms with Crippen molar-refractivity contribution in [2.75, 3.05) is 13.2 Å². The molecule has 1 heterocycles. The van der Waals surface area contributed by atoms with Gasteiger partial charge in [-0.05, 0) is 32.6 Å². The Labute approximate surface area is 82.0 Å². The number of hydrogen-bond donors (Lipinski definition) is 1. The first kappa shape index (κ1) is 11.0. The van der Waals surface area contributed by atoms with Gasteiger partial charge in [0.25, 0.3) is 0 Å². The van der Waals surface area contributed by atoms with Gasteiger partial charge in [0.2, 0.25) is 0 Å². The van der Waals surface area contributed by atoms with E-state index in [1.807, 2.05) is 0 Å². The minimum Gasteiger partial charge on any atom is -0.381 e. The van der Waals surface area contributed by atoms with Crippen molar-refractivity contribution in [2.45, 2.75) is 52.1 Å². The molecule has 1 N–H and O–H groups in total. The summed E-state index contributed by atoms with van der Waals surface area (Å²) in [5, 5.41) is 3.63. The molecule has 0 aromatic heterocycles. The zero-order valence-corrected chi connectivity index (χ0v) is 9.39. The van der Waals surface area contributed by atoms with Crippen molar-refractivity contribution < 1.29 is 4.74 Å². The normalized spacial score (nSPS) is 21.0. The summed E-state index contributed by atoms with van der Waals surface area (Å²) in [7, 11) is 0. The van der Waals surface area contributed by atoms with Gasteiger partial charge in [-0.3, -0.25) is 0 Å². The summed E-state index contributed by atoms with van der Waals surface area (Å²) in [6, 6.07) is 0.567. The molecule has 13 heavy (non-hydrogen) atoms. The van der Waals surface area contributed by atoms with Gasteiger partial charge >= 0.3 is 0 Å². The highest BCUT2D eigenvalue weighted by molar-refractivity contribution is 4.88. The molecule has 0 bridgehead atoms. The molecule has 0 aromatic carbocycles. The van der Waals surface area contributed by atoms with Gasteiger partial charge in [-0.1, -0.05) is 13.8 Å². The van der Waals surface area contributed by atoms with Crippen molar-refractivity contribution >= 4 is 0 Å². The summed E-state index contributed by atoms with van der Waals surface area (Å²) in [6.45, 7) is 10.9. The molecule has 78 valence electrons. The van der Waals surface area contributed by atoms with Gasteiger partial charge < -0.3 is 10.1 Å². The molecular formula is C11H23NO. The Morgan fingerprint density at radius 2 is 1.77 bits per heavy atom. The van der Waals surface area contributed by atoms with Crippen LogP contribution in [-0.4, -0.2) is 24.8 Å². The van der Waals surface area contributed by atoms with Crippen LogP contribution < -0.4 is 5.32 Å². The number of rotatable bonds is 3. The van der Waals surface area contributed by atoms with E-state index in [2.05, 4.69) is 33.0 Å². The lowest BCUT2D eigenvalue weighted by Gasteiger charge is -2.39. The van der Waals surface area contributed by atoms with Gasteiger partial charge in [-0.25, -0.2) is 0 Å². The lowest BCUT2D eigenvalue weighted by atomic mass is 9.81. The second kappa shape index (κ2) is 4.43. The third-order valence-corrected chi connectivity index (χ3v) is 2.90. The Hall–Kier alpha value is -0.0800. The third kappa shape index (κ3) is 3.28. The van der Waals surface area contributed by atoms with E-state index in [-0.39, 0.29) is 5.54 Å². The first-order valence-electron chi connectivity index (χ1n) is 5.38. The van der Waals surface area contributed by atoms with E-state index in [4.69, 9.17) is 4.74 Å². The summed E-state index contributed by atoms with van der Waals surface area (Å²) in [5.41, 5.74) is 0.262. The summed E-state index contributed by atoms with van der Waals surface area (Å²) >= 11 is 0. The Morgan fingerprint density at radius 3 is 2.23 bits per heavy atom. The van der Waals surface area contributed by atoms with E-state index in [0.717, 1.165) is 19.1 Å². The average molecular weight is 185 g/mol. The van der Waals surface area contributed by atoms with Crippen LogP contribution in [-0.2, 0) is 4.74 Å². The smallest absolute Gasteiger partial charge is 0.0469 e. The van der Waals surface area contributed by atoms with Crippen LogP contribution >= 0.6 is 0 Å². The molecule has 1 rings (SSSR count). The summed E-state index contributed by atoms with van der Waals surface area (Å²) in [5.74, 6) is 0.767. The quantitative estimate of drug-likeness (QED) is 0.727. The SMILES string of the molecule is CC(C)NC(C)(C)C1CCOCC1. The molecule has 0 saturated carbocycles. The van der Waals surface area contributed by atoms with Gasteiger partial charge in [0.05, 0.1) is 0 Å². The fourth-order valence-corrected chi connectivity index (χ4v) is 2.28. The van der Waals surface area contributed by atoms with E-state index < -0.39 is 0 Å². The molecule has 2 heteroatoms. The van der Waals surface area contributed by atoms with Crippen LogP contribution in [0, 0.1) is 5.92 Å². The van der Waals surface area contributed by atoms with E-state index in [1.165, 1.54) is 12.8 Å². The Bertz CT molecular complexity index is 148. The van der Waals surface area contributed by atoms with Gasteiger partial charge in [0, 0.05) is 24.8 Å². The summed E-state index contributed by atoms with van der Waals surface area (Å²) < 4.78 is 5.37. The van der Waals surface area contributed by atoms with Gasteiger partial charge in [0.15, 0.2) is 0 Å². The van der Waals surface area contributed by atoms with Crippen molar-refractivity contribution in [3.63, 3.8) is 0 Å². The zero-order valence-electron chi connectivity index (χ0n) is 9.39.